The smallest absolute Gasteiger partial charge is 0.342 e. The van der Waals surface area contributed by atoms with Crippen molar-refractivity contribution in [3.05, 3.63) is 90.1 Å². The first-order valence-corrected chi connectivity index (χ1v) is 12.5. The van der Waals surface area contributed by atoms with Crippen LogP contribution < -0.4 is 10.6 Å². The zero-order valence-electron chi connectivity index (χ0n) is 21.6. The Morgan fingerprint density at radius 2 is 1.77 bits per heavy atom. The molecule has 12 nitrogen and oxygen atoms in total. The van der Waals surface area contributed by atoms with Crippen LogP contribution in [0, 0.1) is 0 Å². The van der Waals surface area contributed by atoms with Gasteiger partial charge in [0.1, 0.15) is 22.7 Å². The standard InChI is InChI=1S/C28H24N8O4/c1-28(2)23-19(26(38)39-28)14-31-27(34-23)33-22-12-20(32-21(15-37)16-6-4-3-5-7-16)18(13-30-22)25-35-24(36-40-25)17-8-10-29-11-9-17/h3-14,21,37H,15H2,1-2H3,(H2,30,31,32,33,34)/t21-/m1/s1. The first-order valence-electron chi connectivity index (χ1n) is 12.5. The highest BCUT2D eigenvalue weighted by atomic mass is 16.6. The fourth-order valence-corrected chi connectivity index (χ4v) is 4.37. The predicted molar refractivity (Wildman–Crippen MR) is 144 cm³/mol. The molecule has 1 aromatic carbocycles. The van der Waals surface area contributed by atoms with E-state index in [-0.39, 0.29) is 18.4 Å². The second-order valence-corrected chi connectivity index (χ2v) is 9.55. The van der Waals surface area contributed by atoms with Gasteiger partial charge in [0.05, 0.1) is 23.9 Å². The van der Waals surface area contributed by atoms with Crippen molar-refractivity contribution in [1.29, 1.82) is 0 Å². The molecule has 0 fully saturated rings. The molecule has 12 heteroatoms. The van der Waals surface area contributed by atoms with E-state index in [9.17, 15) is 9.90 Å². The van der Waals surface area contributed by atoms with Gasteiger partial charge in [0.15, 0.2) is 0 Å². The molecule has 5 heterocycles. The molecule has 0 unspecified atom stereocenters. The second-order valence-electron chi connectivity index (χ2n) is 9.55. The molecule has 4 aromatic heterocycles. The highest BCUT2D eigenvalue weighted by Crippen LogP contribution is 2.36. The first-order chi connectivity index (χ1) is 19.4. The van der Waals surface area contributed by atoms with Crippen LogP contribution in [0.4, 0.5) is 17.5 Å². The zero-order chi connectivity index (χ0) is 27.7. The fourth-order valence-electron chi connectivity index (χ4n) is 4.37. The van der Waals surface area contributed by atoms with E-state index < -0.39 is 17.6 Å². The van der Waals surface area contributed by atoms with E-state index in [4.69, 9.17) is 9.26 Å². The van der Waals surface area contributed by atoms with Crippen LogP contribution in [-0.4, -0.2) is 47.8 Å². The van der Waals surface area contributed by atoms with E-state index in [1.807, 2.05) is 30.3 Å². The molecule has 0 saturated carbocycles. The minimum atomic E-state index is -0.871. The number of aliphatic hydroxyl groups excluding tert-OH is 1. The maximum Gasteiger partial charge on any atom is 0.342 e. The van der Waals surface area contributed by atoms with Crippen molar-refractivity contribution in [3.63, 3.8) is 0 Å². The molecule has 1 aliphatic rings. The van der Waals surface area contributed by atoms with Crippen LogP contribution in [0.2, 0.25) is 0 Å². The molecule has 0 bridgehead atoms. The lowest BCUT2D eigenvalue weighted by molar-refractivity contribution is 0.00834. The van der Waals surface area contributed by atoms with Crippen molar-refractivity contribution >= 4 is 23.4 Å². The van der Waals surface area contributed by atoms with Crippen LogP contribution in [-0.2, 0) is 10.3 Å². The Morgan fingerprint density at radius 1 is 1.00 bits per heavy atom. The van der Waals surface area contributed by atoms with E-state index in [1.165, 1.54) is 6.20 Å². The number of esters is 1. The monoisotopic (exact) mass is 536 g/mol. The van der Waals surface area contributed by atoms with Gasteiger partial charge in [-0.2, -0.15) is 4.98 Å². The molecule has 5 aromatic rings. The third-order valence-electron chi connectivity index (χ3n) is 6.38. The molecule has 40 heavy (non-hydrogen) atoms. The summed E-state index contributed by atoms with van der Waals surface area (Å²) < 4.78 is 11.0. The number of aromatic nitrogens is 6. The summed E-state index contributed by atoms with van der Waals surface area (Å²) in [6.45, 7) is 3.37. The minimum absolute atomic E-state index is 0.169. The number of carbonyl (C=O) groups excluding carboxylic acids is 1. The molecule has 3 N–H and O–H groups in total. The quantitative estimate of drug-likeness (QED) is 0.242. The van der Waals surface area contributed by atoms with Crippen LogP contribution in [0.5, 0.6) is 0 Å². The molecular formula is C28H24N8O4. The van der Waals surface area contributed by atoms with Gasteiger partial charge >= 0.3 is 5.97 Å². The lowest BCUT2D eigenvalue weighted by Crippen LogP contribution is -2.18. The number of fused-ring (bicyclic) bond motifs is 1. The van der Waals surface area contributed by atoms with Gasteiger partial charge in [0.25, 0.3) is 5.89 Å². The lowest BCUT2D eigenvalue weighted by atomic mass is 10.0. The van der Waals surface area contributed by atoms with E-state index in [0.29, 0.717) is 34.2 Å². The summed E-state index contributed by atoms with van der Waals surface area (Å²) in [7, 11) is 0. The van der Waals surface area contributed by atoms with Crippen LogP contribution in [0.25, 0.3) is 22.8 Å². The van der Waals surface area contributed by atoms with E-state index in [2.05, 4.69) is 40.7 Å². The minimum Gasteiger partial charge on any atom is -0.449 e. The summed E-state index contributed by atoms with van der Waals surface area (Å²) in [6, 6.07) is 14.4. The summed E-state index contributed by atoms with van der Waals surface area (Å²) in [5, 5.41) is 20.8. The molecule has 0 saturated heterocycles. The van der Waals surface area contributed by atoms with Crippen LogP contribution in [0.1, 0.15) is 41.5 Å². The molecule has 0 spiro atoms. The molecule has 0 aliphatic carbocycles. The van der Waals surface area contributed by atoms with Gasteiger partial charge in [-0.25, -0.2) is 19.7 Å². The highest BCUT2D eigenvalue weighted by molar-refractivity contribution is 5.93. The van der Waals surface area contributed by atoms with Gasteiger partial charge in [-0.15, -0.1) is 0 Å². The summed E-state index contributed by atoms with van der Waals surface area (Å²) >= 11 is 0. The second kappa shape index (κ2) is 10.2. The largest absolute Gasteiger partial charge is 0.449 e. The highest BCUT2D eigenvalue weighted by Gasteiger charge is 2.40. The predicted octanol–water partition coefficient (Wildman–Crippen LogP) is 4.28. The SMILES string of the molecule is CC1(C)OC(=O)c2cnc(Nc3cc(N[C@H](CO)c4ccccc4)c(-c4nc(-c5ccncc5)no4)cn3)nc21. The molecule has 1 aliphatic heterocycles. The van der Waals surface area contributed by atoms with E-state index in [0.717, 1.165) is 11.1 Å². The number of carbonyl (C=O) groups is 1. The zero-order valence-corrected chi connectivity index (χ0v) is 21.6. The van der Waals surface area contributed by atoms with Crippen LogP contribution in [0.3, 0.4) is 0 Å². The summed E-state index contributed by atoms with van der Waals surface area (Å²) in [4.78, 5) is 34.0. The third kappa shape index (κ3) is 4.83. The van der Waals surface area contributed by atoms with Gasteiger partial charge in [0, 0.05) is 36.4 Å². The Labute approximate surface area is 228 Å². The normalized spacial score (nSPS) is 14.3. The van der Waals surface area contributed by atoms with Crippen LogP contribution >= 0.6 is 0 Å². The van der Waals surface area contributed by atoms with Gasteiger partial charge < -0.3 is 25.0 Å². The Kier molecular flexibility index (Phi) is 6.36. The van der Waals surface area contributed by atoms with Crippen molar-refractivity contribution in [2.75, 3.05) is 17.2 Å². The van der Waals surface area contributed by atoms with Crippen molar-refractivity contribution in [2.45, 2.75) is 25.5 Å². The Morgan fingerprint density at radius 3 is 2.55 bits per heavy atom. The number of cyclic esters (lactones) is 1. The lowest BCUT2D eigenvalue weighted by Gasteiger charge is -2.20. The molecule has 6 rings (SSSR count). The first kappa shape index (κ1) is 25.1. The van der Waals surface area contributed by atoms with Gasteiger partial charge in [0.2, 0.25) is 11.8 Å². The molecular weight excluding hydrogens is 512 g/mol. The Hall–Kier alpha value is -5.23. The Balaban J connectivity index is 1.36. The van der Waals surface area contributed by atoms with Crippen molar-refractivity contribution < 1.29 is 19.2 Å². The number of hydrogen-bond donors (Lipinski definition) is 3. The molecule has 1 atom stereocenters. The number of nitrogens with one attached hydrogen (secondary N) is 2. The number of ether oxygens (including phenoxy) is 1. The van der Waals surface area contributed by atoms with Gasteiger partial charge in [-0.1, -0.05) is 35.5 Å². The molecule has 0 radical (unpaired) electrons. The maximum absolute atomic E-state index is 12.1. The van der Waals surface area contributed by atoms with E-state index >= 15 is 0 Å². The number of aliphatic hydroxyl groups is 1. The number of benzene rings is 1. The average molecular weight is 537 g/mol. The fraction of sp³-hybridized carbons (Fsp3) is 0.179. The summed E-state index contributed by atoms with van der Waals surface area (Å²) in [5.74, 6) is 0.841. The average Bonchev–Trinajstić information content (AvgIpc) is 3.55. The summed E-state index contributed by atoms with van der Waals surface area (Å²) in [5.41, 5.74) is 2.69. The van der Waals surface area contributed by atoms with Gasteiger partial charge in [-0.3, -0.25) is 4.98 Å². The van der Waals surface area contributed by atoms with Gasteiger partial charge in [-0.05, 0) is 31.5 Å². The maximum atomic E-state index is 12.1. The third-order valence-corrected chi connectivity index (χ3v) is 6.38. The number of anilines is 3. The van der Waals surface area contributed by atoms with E-state index in [1.54, 1.807) is 50.6 Å². The van der Waals surface area contributed by atoms with Crippen molar-refractivity contribution in [2.24, 2.45) is 0 Å². The number of nitrogens with zero attached hydrogens (tertiary/aromatic N) is 6. The number of pyridine rings is 2. The molecule has 0 amide bonds. The van der Waals surface area contributed by atoms with Crippen LogP contribution in [0.15, 0.2) is 77.8 Å². The topological polar surface area (TPSA) is 161 Å². The summed E-state index contributed by atoms with van der Waals surface area (Å²) in [6.07, 6.45) is 6.32. The number of hydrogen-bond acceptors (Lipinski definition) is 12. The van der Waals surface area contributed by atoms with Crippen molar-refractivity contribution in [3.8, 4) is 22.8 Å². The Bertz CT molecular complexity index is 1670. The number of rotatable bonds is 8. The van der Waals surface area contributed by atoms with Crippen molar-refractivity contribution in [1.82, 2.24) is 30.1 Å². The molecule has 200 valence electrons.